The van der Waals surface area contributed by atoms with E-state index in [2.05, 4.69) is 4.74 Å². The minimum absolute atomic E-state index is 0.207. The normalized spacial score (nSPS) is 20.5. The Morgan fingerprint density at radius 3 is 2.73 bits per heavy atom. The number of benzene rings is 1. The summed E-state index contributed by atoms with van der Waals surface area (Å²) < 4.78 is 52.7. The highest BCUT2D eigenvalue weighted by atomic mass is 19.4. The monoisotopic (exact) mass is 318 g/mol. The molecule has 0 radical (unpaired) electrons. The highest BCUT2D eigenvalue weighted by Crippen LogP contribution is 2.35. The summed E-state index contributed by atoms with van der Waals surface area (Å²) in [6.45, 7) is 2.16. The molecule has 22 heavy (non-hydrogen) atoms. The van der Waals surface area contributed by atoms with Crippen molar-refractivity contribution in [2.45, 2.75) is 38.1 Å². The summed E-state index contributed by atoms with van der Waals surface area (Å²) in [6, 6.07) is 5.20. The van der Waals surface area contributed by atoms with E-state index in [-0.39, 0.29) is 13.2 Å². The minimum atomic E-state index is -4.34. The lowest BCUT2D eigenvalue weighted by atomic mass is 10.0. The fraction of sp³-hybridized carbons (Fsp3) is 0.533. The first-order valence-corrected chi connectivity index (χ1v) is 7.00. The van der Waals surface area contributed by atoms with Gasteiger partial charge in [-0.3, -0.25) is 0 Å². The third-order valence-electron chi connectivity index (χ3n) is 3.28. The molecule has 1 aromatic carbocycles. The van der Waals surface area contributed by atoms with Crippen LogP contribution in [0.1, 0.15) is 30.9 Å². The second-order valence-corrected chi connectivity index (χ2v) is 5.04. The van der Waals surface area contributed by atoms with Crippen molar-refractivity contribution in [2.24, 2.45) is 0 Å². The van der Waals surface area contributed by atoms with Crippen LogP contribution in [-0.4, -0.2) is 25.2 Å². The molecule has 0 aliphatic carbocycles. The first kappa shape index (κ1) is 16.6. The van der Waals surface area contributed by atoms with Gasteiger partial charge < -0.3 is 14.2 Å². The molecule has 122 valence electrons. The molecule has 1 unspecified atom stereocenters. The number of hydrogen-bond acceptors (Lipinski definition) is 4. The summed E-state index contributed by atoms with van der Waals surface area (Å²) in [5.41, 5.74) is -0.0769. The maximum atomic E-state index is 12.6. The van der Waals surface area contributed by atoms with Crippen LogP contribution >= 0.6 is 0 Å². The van der Waals surface area contributed by atoms with Gasteiger partial charge in [-0.05, 0) is 31.4 Å². The SMILES string of the molecule is CCOC(=O)OC1(CCCc2cccc(C(F)(F)F)c2)CO1. The molecule has 7 heteroatoms. The number of aryl methyl sites for hydroxylation is 1. The Balaban J connectivity index is 1.83. The molecule has 1 fully saturated rings. The van der Waals surface area contributed by atoms with E-state index in [4.69, 9.17) is 9.47 Å². The van der Waals surface area contributed by atoms with Gasteiger partial charge in [-0.1, -0.05) is 18.2 Å². The fourth-order valence-electron chi connectivity index (χ4n) is 2.10. The van der Waals surface area contributed by atoms with Gasteiger partial charge in [0.1, 0.15) is 6.61 Å². The molecule has 0 N–H and O–H groups in total. The van der Waals surface area contributed by atoms with Gasteiger partial charge >= 0.3 is 12.3 Å². The molecule has 1 aromatic rings. The molecule has 1 heterocycles. The van der Waals surface area contributed by atoms with Crippen molar-refractivity contribution in [3.05, 3.63) is 35.4 Å². The quantitative estimate of drug-likeness (QED) is 0.589. The second kappa shape index (κ2) is 6.56. The molecule has 1 aliphatic heterocycles. The molecule has 1 aliphatic rings. The van der Waals surface area contributed by atoms with Crippen molar-refractivity contribution in [3.8, 4) is 0 Å². The Hall–Kier alpha value is -1.76. The summed E-state index contributed by atoms with van der Waals surface area (Å²) in [5.74, 6) is -0.964. The van der Waals surface area contributed by atoms with Crippen molar-refractivity contribution in [2.75, 3.05) is 13.2 Å². The molecule has 1 atom stereocenters. The highest BCUT2D eigenvalue weighted by molar-refractivity contribution is 5.60. The van der Waals surface area contributed by atoms with E-state index in [0.29, 0.717) is 24.8 Å². The van der Waals surface area contributed by atoms with Crippen LogP contribution in [0, 0.1) is 0 Å². The van der Waals surface area contributed by atoms with Gasteiger partial charge in [0.05, 0.1) is 12.2 Å². The predicted octanol–water partition coefficient (Wildman–Crippen LogP) is 3.93. The number of hydrogen-bond donors (Lipinski definition) is 0. The Morgan fingerprint density at radius 2 is 2.14 bits per heavy atom. The summed E-state index contributed by atoms with van der Waals surface area (Å²) >= 11 is 0. The van der Waals surface area contributed by atoms with Crippen LogP contribution in [0.3, 0.4) is 0 Å². The fourth-order valence-corrected chi connectivity index (χ4v) is 2.10. The van der Waals surface area contributed by atoms with Crippen LogP contribution in [0.2, 0.25) is 0 Å². The largest absolute Gasteiger partial charge is 0.510 e. The molecule has 2 rings (SSSR count). The zero-order chi connectivity index (χ0) is 16.2. The lowest BCUT2D eigenvalue weighted by molar-refractivity contribution is -0.137. The Labute approximate surface area is 126 Å². The summed E-state index contributed by atoms with van der Waals surface area (Å²) in [7, 11) is 0. The standard InChI is InChI=1S/C15H17F3O4/c1-2-20-13(19)22-14(10-21-14)8-4-6-11-5-3-7-12(9-11)15(16,17)18/h3,5,7,9H,2,4,6,8,10H2,1H3. The van der Waals surface area contributed by atoms with Crippen molar-refractivity contribution >= 4 is 6.16 Å². The molecule has 0 aromatic heterocycles. The topological polar surface area (TPSA) is 48.1 Å². The number of rotatable bonds is 6. The lowest BCUT2D eigenvalue weighted by Gasteiger charge is -2.13. The highest BCUT2D eigenvalue weighted by Gasteiger charge is 2.49. The van der Waals surface area contributed by atoms with Crippen LogP contribution in [0.25, 0.3) is 0 Å². The molecule has 0 saturated carbocycles. The van der Waals surface area contributed by atoms with E-state index in [0.717, 1.165) is 12.1 Å². The maximum Gasteiger partial charge on any atom is 0.510 e. The number of ether oxygens (including phenoxy) is 3. The van der Waals surface area contributed by atoms with Crippen molar-refractivity contribution in [3.63, 3.8) is 0 Å². The van der Waals surface area contributed by atoms with Crippen LogP contribution in [0.5, 0.6) is 0 Å². The third-order valence-corrected chi connectivity index (χ3v) is 3.28. The number of alkyl halides is 3. The third kappa shape index (κ3) is 4.62. The van der Waals surface area contributed by atoms with Crippen molar-refractivity contribution in [1.82, 2.24) is 0 Å². The maximum absolute atomic E-state index is 12.6. The molecule has 0 spiro atoms. The first-order valence-electron chi connectivity index (χ1n) is 7.00. The molecular formula is C15H17F3O4. The van der Waals surface area contributed by atoms with Crippen LogP contribution < -0.4 is 0 Å². The number of halogens is 3. The Bertz CT molecular complexity index is 524. The van der Waals surface area contributed by atoms with Gasteiger partial charge in [0.2, 0.25) is 5.79 Å². The Kier molecular flexibility index (Phi) is 4.95. The lowest BCUT2D eigenvalue weighted by Crippen LogP contribution is -2.22. The summed E-state index contributed by atoms with van der Waals surface area (Å²) in [4.78, 5) is 11.2. The van der Waals surface area contributed by atoms with E-state index < -0.39 is 23.7 Å². The number of carbonyl (C=O) groups is 1. The van der Waals surface area contributed by atoms with E-state index >= 15 is 0 Å². The van der Waals surface area contributed by atoms with Crippen molar-refractivity contribution < 1.29 is 32.2 Å². The van der Waals surface area contributed by atoms with Crippen LogP contribution in [-0.2, 0) is 26.8 Å². The van der Waals surface area contributed by atoms with Gasteiger partial charge in [-0.2, -0.15) is 13.2 Å². The van der Waals surface area contributed by atoms with E-state index in [9.17, 15) is 18.0 Å². The second-order valence-electron chi connectivity index (χ2n) is 5.04. The average Bonchev–Trinajstić information content (AvgIpc) is 3.18. The Morgan fingerprint density at radius 1 is 1.41 bits per heavy atom. The van der Waals surface area contributed by atoms with E-state index in [1.807, 2.05) is 0 Å². The molecular weight excluding hydrogens is 301 g/mol. The van der Waals surface area contributed by atoms with Gasteiger partial charge in [-0.25, -0.2) is 4.79 Å². The average molecular weight is 318 g/mol. The van der Waals surface area contributed by atoms with E-state index in [1.54, 1.807) is 13.0 Å². The van der Waals surface area contributed by atoms with Gasteiger partial charge in [0.25, 0.3) is 0 Å². The molecule has 0 bridgehead atoms. The van der Waals surface area contributed by atoms with Crippen LogP contribution in [0.4, 0.5) is 18.0 Å². The first-order chi connectivity index (χ1) is 10.3. The van der Waals surface area contributed by atoms with Gasteiger partial charge in [-0.15, -0.1) is 0 Å². The zero-order valence-corrected chi connectivity index (χ0v) is 12.1. The van der Waals surface area contributed by atoms with E-state index in [1.165, 1.54) is 6.07 Å². The number of epoxide rings is 1. The van der Waals surface area contributed by atoms with Crippen molar-refractivity contribution in [1.29, 1.82) is 0 Å². The molecule has 4 nitrogen and oxygen atoms in total. The van der Waals surface area contributed by atoms with Crippen LogP contribution in [0.15, 0.2) is 24.3 Å². The summed E-state index contributed by atoms with van der Waals surface area (Å²) in [5, 5.41) is 0. The minimum Gasteiger partial charge on any atom is -0.435 e. The molecule has 0 amide bonds. The van der Waals surface area contributed by atoms with Gasteiger partial charge in [0.15, 0.2) is 0 Å². The van der Waals surface area contributed by atoms with Gasteiger partial charge in [0, 0.05) is 6.42 Å². The predicted molar refractivity (Wildman–Crippen MR) is 71.2 cm³/mol. The summed E-state index contributed by atoms with van der Waals surface area (Å²) in [6.07, 6.45) is -3.73. The zero-order valence-electron chi connectivity index (χ0n) is 12.1. The number of carbonyl (C=O) groups excluding carboxylic acids is 1. The molecule has 1 saturated heterocycles. The smallest absolute Gasteiger partial charge is 0.435 e.